The van der Waals surface area contributed by atoms with Crippen LogP contribution >= 0.6 is 0 Å². The molecular formula is C16H22O. The van der Waals surface area contributed by atoms with Gasteiger partial charge in [0.25, 0.3) is 0 Å². The minimum atomic E-state index is 0.277. The quantitative estimate of drug-likeness (QED) is 0.702. The maximum Gasteiger partial charge on any atom is 0.136 e. The van der Waals surface area contributed by atoms with Crippen LogP contribution in [0.1, 0.15) is 48.8 Å². The molecule has 0 amide bonds. The second-order valence-corrected chi connectivity index (χ2v) is 5.39. The summed E-state index contributed by atoms with van der Waals surface area (Å²) >= 11 is 0. The summed E-state index contributed by atoms with van der Waals surface area (Å²) < 4.78 is 0. The largest absolute Gasteiger partial charge is 0.299 e. The Labute approximate surface area is 104 Å². The van der Waals surface area contributed by atoms with Crippen molar-refractivity contribution in [1.82, 2.24) is 0 Å². The molecule has 0 radical (unpaired) electrons. The lowest BCUT2D eigenvalue weighted by molar-refractivity contribution is -0.122. The SMILES string of the molecule is Cc1ccc(CC2CCCCCC2=O)cc1C. The van der Waals surface area contributed by atoms with Gasteiger partial charge in [0.2, 0.25) is 0 Å². The molecule has 0 spiro atoms. The van der Waals surface area contributed by atoms with Gasteiger partial charge >= 0.3 is 0 Å². The summed E-state index contributed by atoms with van der Waals surface area (Å²) in [6.45, 7) is 4.28. The maximum absolute atomic E-state index is 12.0. The Bertz CT molecular complexity index is 406. The third kappa shape index (κ3) is 3.18. The molecule has 1 heteroatoms. The minimum Gasteiger partial charge on any atom is -0.299 e. The van der Waals surface area contributed by atoms with Crippen molar-refractivity contribution in [3.63, 3.8) is 0 Å². The van der Waals surface area contributed by atoms with Gasteiger partial charge in [0.05, 0.1) is 0 Å². The highest BCUT2D eigenvalue weighted by Gasteiger charge is 2.20. The van der Waals surface area contributed by atoms with Gasteiger partial charge in [0.15, 0.2) is 0 Å². The van der Waals surface area contributed by atoms with Crippen molar-refractivity contribution in [3.05, 3.63) is 34.9 Å². The first-order valence-electron chi connectivity index (χ1n) is 6.75. The first kappa shape index (κ1) is 12.3. The molecule has 1 aliphatic rings. The van der Waals surface area contributed by atoms with Gasteiger partial charge in [-0.15, -0.1) is 0 Å². The maximum atomic E-state index is 12.0. The van der Waals surface area contributed by atoms with Crippen molar-refractivity contribution in [2.45, 2.75) is 52.4 Å². The molecule has 17 heavy (non-hydrogen) atoms. The number of hydrogen-bond acceptors (Lipinski definition) is 1. The average molecular weight is 230 g/mol. The highest BCUT2D eigenvalue weighted by atomic mass is 16.1. The second kappa shape index (κ2) is 5.48. The molecule has 0 heterocycles. The van der Waals surface area contributed by atoms with E-state index >= 15 is 0 Å². The molecule has 0 aliphatic heterocycles. The van der Waals surface area contributed by atoms with E-state index in [9.17, 15) is 4.79 Å². The Morgan fingerprint density at radius 1 is 1.12 bits per heavy atom. The number of carbonyl (C=O) groups is 1. The second-order valence-electron chi connectivity index (χ2n) is 5.39. The zero-order valence-corrected chi connectivity index (χ0v) is 11.0. The first-order chi connectivity index (χ1) is 8.16. The summed E-state index contributed by atoms with van der Waals surface area (Å²) in [5.74, 6) is 0.764. The molecule has 0 bridgehead atoms. The normalized spacial score (nSPS) is 21.3. The monoisotopic (exact) mass is 230 g/mol. The molecule has 1 unspecified atom stereocenters. The fourth-order valence-electron chi connectivity index (χ4n) is 2.66. The molecule has 1 fully saturated rings. The number of rotatable bonds is 2. The fraction of sp³-hybridized carbons (Fsp3) is 0.562. The Morgan fingerprint density at radius 3 is 2.71 bits per heavy atom. The van der Waals surface area contributed by atoms with Crippen molar-refractivity contribution in [2.75, 3.05) is 0 Å². The molecule has 1 atom stereocenters. The number of ketones is 1. The molecule has 1 saturated carbocycles. The van der Waals surface area contributed by atoms with Crippen molar-refractivity contribution in [2.24, 2.45) is 5.92 Å². The van der Waals surface area contributed by atoms with Crippen molar-refractivity contribution < 1.29 is 4.79 Å². The smallest absolute Gasteiger partial charge is 0.136 e. The average Bonchev–Trinajstić information content (AvgIpc) is 2.50. The summed E-state index contributed by atoms with van der Waals surface area (Å²) in [5, 5.41) is 0. The third-order valence-corrected chi connectivity index (χ3v) is 3.98. The molecule has 1 aromatic rings. The van der Waals surface area contributed by atoms with E-state index in [0.29, 0.717) is 5.78 Å². The predicted molar refractivity (Wildman–Crippen MR) is 71.2 cm³/mol. The molecule has 0 saturated heterocycles. The van der Waals surface area contributed by atoms with Crippen molar-refractivity contribution in [1.29, 1.82) is 0 Å². The molecule has 1 nitrogen and oxygen atoms in total. The van der Waals surface area contributed by atoms with E-state index in [2.05, 4.69) is 32.0 Å². The van der Waals surface area contributed by atoms with Crippen LogP contribution in [-0.2, 0) is 11.2 Å². The van der Waals surface area contributed by atoms with Gasteiger partial charge in [0, 0.05) is 12.3 Å². The van der Waals surface area contributed by atoms with E-state index in [4.69, 9.17) is 0 Å². The van der Waals surface area contributed by atoms with Crippen LogP contribution in [0.25, 0.3) is 0 Å². The summed E-state index contributed by atoms with van der Waals surface area (Å²) in [5.41, 5.74) is 4.00. The van der Waals surface area contributed by atoms with Crippen LogP contribution in [0.3, 0.4) is 0 Å². The molecule has 1 aromatic carbocycles. The standard InChI is InChI=1S/C16H22O/c1-12-8-9-14(10-13(12)2)11-15-6-4-3-5-7-16(15)17/h8-10,15H,3-7,11H2,1-2H3. The number of aryl methyl sites for hydroxylation is 2. The highest BCUT2D eigenvalue weighted by Crippen LogP contribution is 2.24. The van der Waals surface area contributed by atoms with Crippen molar-refractivity contribution >= 4 is 5.78 Å². The number of benzene rings is 1. The number of Topliss-reactive ketones (excluding diaryl/α,β-unsaturated/α-hetero) is 1. The Hall–Kier alpha value is -1.11. The summed E-state index contributed by atoms with van der Waals surface area (Å²) in [6.07, 6.45) is 6.39. The lowest BCUT2D eigenvalue weighted by Gasteiger charge is -2.13. The van der Waals surface area contributed by atoms with Gasteiger partial charge in [-0.25, -0.2) is 0 Å². The van der Waals surface area contributed by atoms with Crippen LogP contribution in [-0.4, -0.2) is 5.78 Å². The van der Waals surface area contributed by atoms with E-state index in [-0.39, 0.29) is 5.92 Å². The zero-order chi connectivity index (χ0) is 12.3. The Balaban J connectivity index is 2.08. The molecule has 0 aromatic heterocycles. The Morgan fingerprint density at radius 2 is 1.94 bits per heavy atom. The fourth-order valence-corrected chi connectivity index (χ4v) is 2.66. The van der Waals surface area contributed by atoms with Crippen LogP contribution in [0.2, 0.25) is 0 Å². The first-order valence-corrected chi connectivity index (χ1v) is 6.75. The molecule has 0 N–H and O–H groups in total. The molecule has 2 rings (SSSR count). The van der Waals surface area contributed by atoms with E-state index in [1.54, 1.807) is 0 Å². The summed E-state index contributed by atoms with van der Waals surface area (Å²) in [4.78, 5) is 12.0. The summed E-state index contributed by atoms with van der Waals surface area (Å²) in [7, 11) is 0. The van der Waals surface area contributed by atoms with Gasteiger partial charge in [-0.2, -0.15) is 0 Å². The van der Waals surface area contributed by atoms with Gasteiger partial charge in [-0.3, -0.25) is 4.79 Å². The predicted octanol–water partition coefficient (Wildman–Crippen LogP) is 4.00. The molecule has 1 aliphatic carbocycles. The van der Waals surface area contributed by atoms with Crippen LogP contribution in [0, 0.1) is 19.8 Å². The third-order valence-electron chi connectivity index (χ3n) is 3.98. The van der Waals surface area contributed by atoms with Gasteiger partial charge in [-0.05, 0) is 49.8 Å². The van der Waals surface area contributed by atoms with Crippen LogP contribution in [0.4, 0.5) is 0 Å². The van der Waals surface area contributed by atoms with Crippen LogP contribution in [0.15, 0.2) is 18.2 Å². The highest BCUT2D eigenvalue weighted by molar-refractivity contribution is 5.81. The van der Waals surface area contributed by atoms with Gasteiger partial charge in [-0.1, -0.05) is 31.0 Å². The topological polar surface area (TPSA) is 17.1 Å². The van der Waals surface area contributed by atoms with Gasteiger partial charge < -0.3 is 0 Å². The lowest BCUT2D eigenvalue weighted by atomic mass is 9.90. The zero-order valence-electron chi connectivity index (χ0n) is 11.0. The van der Waals surface area contributed by atoms with Crippen LogP contribution < -0.4 is 0 Å². The van der Waals surface area contributed by atoms with Gasteiger partial charge in [0.1, 0.15) is 5.78 Å². The van der Waals surface area contributed by atoms with E-state index in [1.807, 2.05) is 0 Å². The summed E-state index contributed by atoms with van der Waals surface area (Å²) in [6, 6.07) is 6.60. The number of hydrogen-bond donors (Lipinski definition) is 0. The number of carbonyl (C=O) groups excluding carboxylic acids is 1. The van der Waals surface area contributed by atoms with E-state index in [0.717, 1.165) is 25.7 Å². The minimum absolute atomic E-state index is 0.277. The van der Waals surface area contributed by atoms with E-state index in [1.165, 1.54) is 29.5 Å². The lowest BCUT2D eigenvalue weighted by Crippen LogP contribution is -2.15. The van der Waals surface area contributed by atoms with Crippen LogP contribution in [0.5, 0.6) is 0 Å². The Kier molecular flexibility index (Phi) is 3.98. The molecular weight excluding hydrogens is 208 g/mol. The molecule has 92 valence electrons. The van der Waals surface area contributed by atoms with E-state index < -0.39 is 0 Å². The van der Waals surface area contributed by atoms with Crippen molar-refractivity contribution in [3.8, 4) is 0 Å².